The molecule has 0 bridgehead atoms. The first kappa shape index (κ1) is 14.6. The molecule has 1 amide bonds. The Kier molecular flexibility index (Phi) is 3.95. The van der Waals surface area contributed by atoms with Crippen molar-refractivity contribution in [1.29, 1.82) is 0 Å². The average Bonchev–Trinajstić information content (AvgIpc) is 3.37. The van der Waals surface area contributed by atoms with Crippen LogP contribution in [-0.4, -0.2) is 52.2 Å². The van der Waals surface area contributed by atoms with Gasteiger partial charge in [-0.3, -0.25) is 4.79 Å². The highest BCUT2D eigenvalue weighted by molar-refractivity contribution is 7.10. The van der Waals surface area contributed by atoms with Gasteiger partial charge in [-0.15, -0.1) is 16.4 Å². The molecule has 0 aromatic carbocycles. The van der Waals surface area contributed by atoms with E-state index in [0.29, 0.717) is 18.2 Å². The van der Waals surface area contributed by atoms with Gasteiger partial charge in [0.05, 0.1) is 5.01 Å². The molecule has 0 spiro atoms. The van der Waals surface area contributed by atoms with Crippen LogP contribution in [0.4, 0.5) is 5.82 Å². The fourth-order valence-corrected chi connectivity index (χ4v) is 3.84. The molecule has 7 heteroatoms. The predicted molar refractivity (Wildman–Crippen MR) is 88.9 cm³/mol. The second-order valence-corrected chi connectivity index (χ2v) is 6.95. The lowest BCUT2D eigenvalue weighted by atomic mass is 10.3. The van der Waals surface area contributed by atoms with Gasteiger partial charge in [0.2, 0.25) is 0 Å². The Morgan fingerprint density at radius 1 is 1.22 bits per heavy atom. The van der Waals surface area contributed by atoms with Crippen molar-refractivity contribution in [3.63, 3.8) is 0 Å². The third-order valence-corrected chi connectivity index (χ3v) is 5.34. The van der Waals surface area contributed by atoms with Gasteiger partial charge in [0.25, 0.3) is 5.91 Å². The summed E-state index contributed by atoms with van der Waals surface area (Å²) < 4.78 is 0. The Balaban J connectivity index is 1.42. The Bertz CT molecular complexity index is 685. The maximum atomic E-state index is 12.7. The second kappa shape index (κ2) is 6.23. The Morgan fingerprint density at radius 3 is 2.91 bits per heavy atom. The van der Waals surface area contributed by atoms with Gasteiger partial charge in [-0.1, -0.05) is 0 Å². The van der Waals surface area contributed by atoms with E-state index in [2.05, 4.69) is 20.1 Å². The first-order valence-corrected chi connectivity index (χ1v) is 8.96. The van der Waals surface area contributed by atoms with Crippen LogP contribution >= 0.6 is 11.3 Å². The van der Waals surface area contributed by atoms with Crippen LogP contribution in [0.1, 0.15) is 40.7 Å². The van der Waals surface area contributed by atoms with E-state index in [1.165, 1.54) is 12.8 Å². The molecule has 1 saturated carbocycles. The lowest BCUT2D eigenvalue weighted by Crippen LogP contribution is -2.35. The molecular formula is C16H19N5OS. The third-order valence-electron chi connectivity index (χ3n) is 4.33. The van der Waals surface area contributed by atoms with Gasteiger partial charge >= 0.3 is 0 Å². The maximum Gasteiger partial charge on any atom is 0.273 e. The van der Waals surface area contributed by atoms with E-state index in [4.69, 9.17) is 0 Å². The lowest BCUT2D eigenvalue weighted by molar-refractivity contribution is 0.0762. The maximum absolute atomic E-state index is 12.7. The molecule has 4 rings (SSSR count). The van der Waals surface area contributed by atoms with Crippen LogP contribution in [0.25, 0.3) is 0 Å². The van der Waals surface area contributed by atoms with Gasteiger partial charge in [-0.2, -0.15) is 5.10 Å². The molecule has 6 nitrogen and oxygen atoms in total. The molecule has 0 N–H and O–H groups in total. The van der Waals surface area contributed by atoms with Crippen molar-refractivity contribution < 1.29 is 4.79 Å². The third kappa shape index (κ3) is 3.19. The number of aromatic nitrogens is 3. The highest BCUT2D eigenvalue weighted by atomic mass is 32.1. The average molecular weight is 329 g/mol. The summed E-state index contributed by atoms with van der Waals surface area (Å²) in [6.45, 7) is 3.15. The monoisotopic (exact) mass is 329 g/mol. The summed E-state index contributed by atoms with van der Waals surface area (Å²) in [4.78, 5) is 21.3. The molecule has 2 aliphatic rings. The number of nitrogens with zero attached hydrogens (tertiary/aromatic N) is 5. The molecule has 0 unspecified atom stereocenters. The first-order valence-electron chi connectivity index (χ1n) is 8.08. The van der Waals surface area contributed by atoms with E-state index in [9.17, 15) is 4.79 Å². The Morgan fingerprint density at radius 2 is 2.13 bits per heavy atom. The van der Waals surface area contributed by atoms with E-state index in [0.717, 1.165) is 36.9 Å². The van der Waals surface area contributed by atoms with Crippen LogP contribution in [0.3, 0.4) is 0 Å². The fraction of sp³-hybridized carbons (Fsp3) is 0.500. The summed E-state index contributed by atoms with van der Waals surface area (Å²) in [5.74, 6) is 1.55. The molecule has 0 atom stereocenters. The van der Waals surface area contributed by atoms with Gasteiger partial charge < -0.3 is 9.80 Å². The molecule has 2 aromatic rings. The topological polar surface area (TPSA) is 62.2 Å². The number of thiazole rings is 1. The summed E-state index contributed by atoms with van der Waals surface area (Å²) in [5, 5.41) is 11.1. The summed E-state index contributed by atoms with van der Waals surface area (Å²) in [6, 6.07) is 3.86. The summed E-state index contributed by atoms with van der Waals surface area (Å²) in [7, 11) is 0. The smallest absolute Gasteiger partial charge is 0.273 e. The Labute approximate surface area is 139 Å². The second-order valence-electron chi connectivity index (χ2n) is 6.06. The first-order chi connectivity index (χ1) is 11.3. The van der Waals surface area contributed by atoms with E-state index in [1.54, 1.807) is 17.5 Å². The number of rotatable bonds is 3. The van der Waals surface area contributed by atoms with Crippen molar-refractivity contribution in [2.75, 3.05) is 31.1 Å². The van der Waals surface area contributed by atoms with E-state index in [-0.39, 0.29) is 5.91 Å². The molecule has 120 valence electrons. The summed E-state index contributed by atoms with van der Waals surface area (Å²) in [5.41, 5.74) is 0.616. The van der Waals surface area contributed by atoms with Crippen LogP contribution in [0, 0.1) is 0 Å². The minimum absolute atomic E-state index is 0.0640. The van der Waals surface area contributed by atoms with E-state index >= 15 is 0 Å². The number of hydrogen-bond acceptors (Lipinski definition) is 6. The van der Waals surface area contributed by atoms with Crippen molar-refractivity contribution >= 4 is 23.1 Å². The molecule has 1 aliphatic carbocycles. The summed E-state index contributed by atoms with van der Waals surface area (Å²) in [6.07, 6.45) is 5.05. The number of carbonyl (C=O) groups is 1. The minimum atomic E-state index is 0.0640. The van der Waals surface area contributed by atoms with Gasteiger partial charge in [0.1, 0.15) is 5.69 Å². The quantitative estimate of drug-likeness (QED) is 0.863. The normalized spacial score (nSPS) is 18.8. The fourth-order valence-electron chi connectivity index (χ4n) is 2.88. The lowest BCUT2D eigenvalue weighted by Gasteiger charge is -2.21. The van der Waals surface area contributed by atoms with Crippen molar-refractivity contribution in [3.05, 3.63) is 34.4 Å². The molecule has 23 heavy (non-hydrogen) atoms. The van der Waals surface area contributed by atoms with Crippen molar-refractivity contribution in [2.24, 2.45) is 0 Å². The standard InChI is InChI=1S/C16H19N5OS/c22-16(13-11-23-15(18-13)12-4-5-12)21-8-2-7-20(9-10-21)14-3-1-6-17-19-14/h1,3,6,11-12H,2,4-5,7-10H2. The summed E-state index contributed by atoms with van der Waals surface area (Å²) >= 11 is 1.63. The molecule has 1 saturated heterocycles. The zero-order chi connectivity index (χ0) is 15.6. The molecule has 1 aliphatic heterocycles. The van der Waals surface area contributed by atoms with Crippen LogP contribution in [0.2, 0.25) is 0 Å². The molecular weight excluding hydrogens is 310 g/mol. The van der Waals surface area contributed by atoms with Crippen molar-refractivity contribution in [1.82, 2.24) is 20.1 Å². The van der Waals surface area contributed by atoms with E-state index < -0.39 is 0 Å². The minimum Gasteiger partial charge on any atom is -0.353 e. The van der Waals surface area contributed by atoms with E-state index in [1.807, 2.05) is 22.4 Å². The van der Waals surface area contributed by atoms with Crippen molar-refractivity contribution in [3.8, 4) is 0 Å². The highest BCUT2D eigenvalue weighted by Crippen LogP contribution is 2.41. The van der Waals surface area contributed by atoms with Crippen LogP contribution < -0.4 is 4.90 Å². The zero-order valence-corrected chi connectivity index (χ0v) is 13.7. The van der Waals surface area contributed by atoms with Crippen LogP contribution in [0.5, 0.6) is 0 Å². The van der Waals surface area contributed by atoms with Crippen LogP contribution in [0.15, 0.2) is 23.7 Å². The number of amides is 1. The molecule has 0 radical (unpaired) electrons. The van der Waals surface area contributed by atoms with Gasteiger partial charge in [-0.25, -0.2) is 4.98 Å². The van der Waals surface area contributed by atoms with Gasteiger partial charge in [0.15, 0.2) is 5.82 Å². The SMILES string of the molecule is O=C(c1csc(C2CC2)n1)N1CCCN(c2cccnn2)CC1. The highest BCUT2D eigenvalue weighted by Gasteiger charge is 2.29. The largest absolute Gasteiger partial charge is 0.353 e. The zero-order valence-electron chi connectivity index (χ0n) is 12.9. The predicted octanol–water partition coefficient (Wildman–Crippen LogP) is 2.16. The molecule has 2 aromatic heterocycles. The molecule has 2 fully saturated rings. The van der Waals surface area contributed by atoms with Gasteiger partial charge in [-0.05, 0) is 31.4 Å². The van der Waals surface area contributed by atoms with Crippen molar-refractivity contribution in [2.45, 2.75) is 25.2 Å². The molecule has 3 heterocycles. The van der Waals surface area contributed by atoms with Gasteiger partial charge in [0, 0.05) is 43.7 Å². The Hall–Kier alpha value is -2.02. The number of anilines is 1. The number of carbonyl (C=O) groups excluding carboxylic acids is 1. The van der Waals surface area contributed by atoms with Crippen LogP contribution in [-0.2, 0) is 0 Å². The number of hydrogen-bond donors (Lipinski definition) is 0.